The highest BCUT2D eigenvalue weighted by Crippen LogP contribution is 2.15. The minimum absolute atomic E-state index is 0.0861. The quantitative estimate of drug-likeness (QED) is 0.647. The van der Waals surface area contributed by atoms with Gasteiger partial charge in [0.25, 0.3) is 0 Å². The molecule has 6 nitrogen and oxygen atoms in total. The van der Waals surface area contributed by atoms with E-state index >= 15 is 0 Å². The van der Waals surface area contributed by atoms with Crippen molar-refractivity contribution in [3.63, 3.8) is 0 Å². The molecule has 0 aliphatic carbocycles. The molecule has 1 fully saturated rings. The highest BCUT2D eigenvalue weighted by atomic mass is 35.5. The van der Waals surface area contributed by atoms with Gasteiger partial charge in [0, 0.05) is 37.7 Å². The van der Waals surface area contributed by atoms with Gasteiger partial charge in [-0.25, -0.2) is 0 Å². The minimum Gasteiger partial charge on any atom is -0.379 e. The number of halogens is 1. The molecule has 2 amide bonds. The Morgan fingerprint density at radius 2 is 1.74 bits per heavy atom. The van der Waals surface area contributed by atoms with Crippen molar-refractivity contribution in [2.24, 2.45) is 0 Å². The number of carbonyl (C=O) groups is 2. The third kappa shape index (κ3) is 7.35. The lowest BCUT2D eigenvalue weighted by atomic mass is 10.1. The molecule has 0 spiro atoms. The van der Waals surface area contributed by atoms with Crippen molar-refractivity contribution < 1.29 is 14.3 Å². The van der Waals surface area contributed by atoms with Crippen molar-refractivity contribution in [2.75, 3.05) is 39.4 Å². The van der Waals surface area contributed by atoms with Gasteiger partial charge in [-0.3, -0.25) is 14.5 Å². The van der Waals surface area contributed by atoms with Crippen LogP contribution in [0.5, 0.6) is 0 Å². The fourth-order valence-electron chi connectivity index (χ4n) is 3.55. The van der Waals surface area contributed by atoms with Crippen LogP contribution in [0.2, 0.25) is 5.02 Å². The van der Waals surface area contributed by atoms with Crippen molar-refractivity contribution in [2.45, 2.75) is 25.9 Å². The molecule has 1 unspecified atom stereocenters. The van der Waals surface area contributed by atoms with E-state index in [1.54, 1.807) is 24.0 Å². The summed E-state index contributed by atoms with van der Waals surface area (Å²) < 4.78 is 5.35. The first-order valence-electron chi connectivity index (χ1n) is 10.7. The average Bonchev–Trinajstić information content (AvgIpc) is 2.79. The average molecular weight is 444 g/mol. The second kappa shape index (κ2) is 11.8. The second-order valence-corrected chi connectivity index (χ2v) is 8.17. The summed E-state index contributed by atoms with van der Waals surface area (Å²) in [7, 11) is 0. The van der Waals surface area contributed by atoms with Gasteiger partial charge in [0.15, 0.2) is 0 Å². The maximum absolute atomic E-state index is 13.1. The maximum atomic E-state index is 13.1. The number of hydrogen-bond acceptors (Lipinski definition) is 4. The Bertz CT molecular complexity index is 839. The van der Waals surface area contributed by atoms with Gasteiger partial charge in [-0.15, -0.1) is 0 Å². The van der Waals surface area contributed by atoms with E-state index in [1.807, 2.05) is 42.5 Å². The molecule has 1 N–H and O–H groups in total. The standard InChI is InChI=1S/C24H30ClN3O3/c1-19(24(30)26-11-12-27-13-15-31-16-14-27)28(18-21-7-9-22(25)10-8-21)23(29)17-20-5-3-2-4-6-20/h2-10,19H,11-18H2,1H3,(H,26,30). The summed E-state index contributed by atoms with van der Waals surface area (Å²) in [5, 5.41) is 3.63. The van der Waals surface area contributed by atoms with Crippen LogP contribution < -0.4 is 5.32 Å². The van der Waals surface area contributed by atoms with E-state index in [-0.39, 0.29) is 18.2 Å². The van der Waals surface area contributed by atoms with Crippen molar-refractivity contribution in [3.8, 4) is 0 Å². The molecule has 7 heteroatoms. The van der Waals surface area contributed by atoms with E-state index in [0.717, 1.165) is 44.0 Å². The lowest BCUT2D eigenvalue weighted by molar-refractivity contribution is -0.140. The summed E-state index contributed by atoms with van der Waals surface area (Å²) in [5.74, 6) is -0.236. The maximum Gasteiger partial charge on any atom is 0.242 e. The topological polar surface area (TPSA) is 61.9 Å². The third-order valence-corrected chi connectivity index (χ3v) is 5.71. The van der Waals surface area contributed by atoms with Crippen molar-refractivity contribution in [1.29, 1.82) is 0 Å². The monoisotopic (exact) mass is 443 g/mol. The molecule has 0 radical (unpaired) electrons. The molecule has 2 aromatic rings. The zero-order valence-corrected chi connectivity index (χ0v) is 18.7. The van der Waals surface area contributed by atoms with Gasteiger partial charge in [-0.2, -0.15) is 0 Å². The lowest BCUT2D eigenvalue weighted by Gasteiger charge is -2.30. The Kier molecular flexibility index (Phi) is 8.88. The normalized spacial score (nSPS) is 15.3. The van der Waals surface area contributed by atoms with Gasteiger partial charge >= 0.3 is 0 Å². The van der Waals surface area contributed by atoms with Gasteiger partial charge < -0.3 is 15.0 Å². The molecule has 0 bridgehead atoms. The van der Waals surface area contributed by atoms with Gasteiger partial charge in [-0.1, -0.05) is 54.1 Å². The summed E-state index contributed by atoms with van der Waals surface area (Å²) in [4.78, 5) is 29.9. The molecule has 31 heavy (non-hydrogen) atoms. The van der Waals surface area contributed by atoms with Gasteiger partial charge in [0.2, 0.25) is 11.8 Å². The number of amides is 2. The van der Waals surface area contributed by atoms with Gasteiger partial charge in [-0.05, 0) is 30.2 Å². The highest BCUT2D eigenvalue weighted by molar-refractivity contribution is 6.30. The Labute approximate surface area is 189 Å². The zero-order valence-electron chi connectivity index (χ0n) is 17.9. The van der Waals surface area contributed by atoms with E-state index in [0.29, 0.717) is 18.1 Å². The Hall–Kier alpha value is -2.41. The van der Waals surface area contributed by atoms with Crippen LogP contribution in [-0.4, -0.2) is 67.0 Å². The second-order valence-electron chi connectivity index (χ2n) is 7.73. The number of benzene rings is 2. The SMILES string of the molecule is CC(C(=O)NCCN1CCOCC1)N(Cc1ccc(Cl)cc1)C(=O)Cc1ccccc1. The van der Waals surface area contributed by atoms with Gasteiger partial charge in [0.05, 0.1) is 19.6 Å². The first-order chi connectivity index (χ1) is 15.0. The predicted molar refractivity (Wildman–Crippen MR) is 122 cm³/mol. The zero-order chi connectivity index (χ0) is 22.1. The molecule has 1 atom stereocenters. The molecule has 1 heterocycles. The lowest BCUT2D eigenvalue weighted by Crippen LogP contribution is -2.49. The van der Waals surface area contributed by atoms with E-state index in [2.05, 4.69) is 10.2 Å². The molecule has 3 rings (SSSR count). The van der Waals surface area contributed by atoms with Crippen LogP contribution in [0.3, 0.4) is 0 Å². The number of rotatable bonds is 9. The predicted octanol–water partition coefficient (Wildman–Crippen LogP) is 2.75. The fraction of sp³-hybridized carbons (Fsp3) is 0.417. The minimum atomic E-state index is -0.587. The van der Waals surface area contributed by atoms with E-state index < -0.39 is 6.04 Å². The molecule has 1 saturated heterocycles. The molecular formula is C24H30ClN3O3. The van der Waals surface area contributed by atoms with Crippen LogP contribution in [0, 0.1) is 0 Å². The fourth-order valence-corrected chi connectivity index (χ4v) is 3.68. The highest BCUT2D eigenvalue weighted by Gasteiger charge is 2.26. The summed E-state index contributed by atoms with van der Waals surface area (Å²) >= 11 is 6.00. The summed E-state index contributed by atoms with van der Waals surface area (Å²) in [6.07, 6.45) is 0.250. The van der Waals surface area contributed by atoms with Crippen LogP contribution in [-0.2, 0) is 27.3 Å². The van der Waals surface area contributed by atoms with Crippen LogP contribution in [0.25, 0.3) is 0 Å². The number of nitrogens with one attached hydrogen (secondary N) is 1. The number of morpholine rings is 1. The largest absolute Gasteiger partial charge is 0.379 e. The first-order valence-corrected chi connectivity index (χ1v) is 11.1. The molecule has 0 saturated carbocycles. The smallest absolute Gasteiger partial charge is 0.242 e. The van der Waals surface area contributed by atoms with E-state index in [9.17, 15) is 9.59 Å². The molecule has 0 aromatic heterocycles. The van der Waals surface area contributed by atoms with Crippen LogP contribution in [0.15, 0.2) is 54.6 Å². The van der Waals surface area contributed by atoms with Crippen LogP contribution in [0.4, 0.5) is 0 Å². The summed E-state index contributed by atoms with van der Waals surface area (Å²) in [6.45, 7) is 6.67. The summed E-state index contributed by atoms with van der Waals surface area (Å²) in [5.41, 5.74) is 1.85. The van der Waals surface area contributed by atoms with Crippen molar-refractivity contribution >= 4 is 23.4 Å². The third-order valence-electron chi connectivity index (χ3n) is 5.46. The Balaban J connectivity index is 1.63. The van der Waals surface area contributed by atoms with E-state index in [1.165, 1.54) is 0 Å². The molecular weight excluding hydrogens is 414 g/mol. The number of ether oxygens (including phenoxy) is 1. The first kappa shape index (κ1) is 23.3. The number of carbonyl (C=O) groups excluding carboxylic acids is 2. The molecule has 2 aromatic carbocycles. The Morgan fingerprint density at radius 1 is 1.06 bits per heavy atom. The summed E-state index contributed by atoms with van der Waals surface area (Å²) in [6, 6.07) is 16.4. The molecule has 166 valence electrons. The van der Waals surface area contributed by atoms with E-state index in [4.69, 9.17) is 16.3 Å². The Morgan fingerprint density at radius 3 is 2.42 bits per heavy atom. The van der Waals surface area contributed by atoms with Gasteiger partial charge in [0.1, 0.15) is 6.04 Å². The number of hydrogen-bond donors (Lipinski definition) is 1. The molecule has 1 aliphatic rings. The number of nitrogens with zero attached hydrogens (tertiary/aromatic N) is 2. The van der Waals surface area contributed by atoms with Crippen LogP contribution >= 0.6 is 11.6 Å². The molecule has 1 aliphatic heterocycles. The van der Waals surface area contributed by atoms with Crippen molar-refractivity contribution in [3.05, 3.63) is 70.7 Å². The van der Waals surface area contributed by atoms with Crippen molar-refractivity contribution in [1.82, 2.24) is 15.1 Å². The van der Waals surface area contributed by atoms with Crippen LogP contribution in [0.1, 0.15) is 18.1 Å².